The molecule has 0 radical (unpaired) electrons. The molecule has 0 spiro atoms. The number of nitrogens with one attached hydrogen (secondary N) is 2. The van der Waals surface area contributed by atoms with Gasteiger partial charge in [0.25, 0.3) is 0 Å². The molecule has 0 unspecified atom stereocenters. The fourth-order valence-corrected chi connectivity index (χ4v) is 4.21. The molecule has 1 saturated carbocycles. The predicted molar refractivity (Wildman–Crippen MR) is 127 cm³/mol. The standard InChI is InChI=1S/C25H27FN4O4/c1-15(31)28-24-20(26)12-16(13-22(24)33-17-4-2-5-17)18-6-3-7-19(25(18)32)21-14-23(29-34-21)30-10-8-27-9-11-30/h3,6-7,12-14,17,27,32H,2,4-5,8-11H2,1H3,(H,28,31). The Kier molecular flexibility index (Phi) is 6.10. The number of carbonyl (C=O) groups excluding carboxylic acids is 1. The lowest BCUT2D eigenvalue weighted by atomic mass is 9.96. The minimum atomic E-state index is -0.632. The van der Waals surface area contributed by atoms with Crippen molar-refractivity contribution in [1.29, 1.82) is 0 Å². The molecule has 2 aromatic carbocycles. The SMILES string of the molecule is CC(=O)Nc1c(F)cc(-c2cccc(-c3cc(N4CCNCC4)no3)c2O)cc1OC1CCC1. The fraction of sp³-hybridized carbons (Fsp3) is 0.360. The molecule has 0 atom stereocenters. The summed E-state index contributed by atoms with van der Waals surface area (Å²) >= 11 is 0. The van der Waals surface area contributed by atoms with Crippen molar-refractivity contribution in [2.24, 2.45) is 0 Å². The van der Waals surface area contributed by atoms with Crippen molar-refractivity contribution in [1.82, 2.24) is 10.5 Å². The van der Waals surface area contributed by atoms with Crippen LogP contribution >= 0.6 is 0 Å². The minimum Gasteiger partial charge on any atom is -0.507 e. The molecule has 3 N–H and O–H groups in total. The summed E-state index contributed by atoms with van der Waals surface area (Å²) < 4.78 is 26.6. The van der Waals surface area contributed by atoms with Gasteiger partial charge in [-0.1, -0.05) is 17.3 Å². The Hall–Kier alpha value is -3.59. The van der Waals surface area contributed by atoms with E-state index in [1.165, 1.54) is 13.0 Å². The average Bonchev–Trinajstić information content (AvgIpc) is 3.29. The number of carbonyl (C=O) groups is 1. The number of anilines is 2. The van der Waals surface area contributed by atoms with Crippen molar-refractivity contribution in [2.75, 3.05) is 36.4 Å². The highest BCUT2D eigenvalue weighted by Crippen LogP contribution is 2.42. The molecule has 2 aliphatic rings. The van der Waals surface area contributed by atoms with E-state index in [0.29, 0.717) is 28.3 Å². The smallest absolute Gasteiger partial charge is 0.221 e. The van der Waals surface area contributed by atoms with Gasteiger partial charge in [0.05, 0.1) is 11.7 Å². The number of phenolic OH excluding ortho intramolecular Hbond substituents is 1. The topological polar surface area (TPSA) is 99.9 Å². The van der Waals surface area contributed by atoms with Gasteiger partial charge < -0.3 is 29.9 Å². The van der Waals surface area contributed by atoms with Gasteiger partial charge >= 0.3 is 0 Å². The first kappa shape index (κ1) is 22.2. The Balaban J connectivity index is 1.50. The third kappa shape index (κ3) is 4.43. The second-order valence-electron chi connectivity index (χ2n) is 8.67. The van der Waals surface area contributed by atoms with Crippen LogP contribution in [0.1, 0.15) is 26.2 Å². The molecule has 1 amide bonds. The zero-order chi connectivity index (χ0) is 23.7. The highest BCUT2D eigenvalue weighted by atomic mass is 19.1. The van der Waals surface area contributed by atoms with Gasteiger partial charge in [0.15, 0.2) is 17.4 Å². The number of aromatic hydroxyl groups is 1. The number of phenols is 1. The van der Waals surface area contributed by atoms with Gasteiger partial charge in [-0.25, -0.2) is 4.39 Å². The van der Waals surface area contributed by atoms with Crippen LogP contribution < -0.4 is 20.3 Å². The number of aromatic nitrogens is 1. The van der Waals surface area contributed by atoms with Gasteiger partial charge in [-0.05, 0) is 43.0 Å². The van der Waals surface area contributed by atoms with Crippen molar-refractivity contribution < 1.29 is 23.6 Å². The Morgan fingerprint density at radius 3 is 2.71 bits per heavy atom. The van der Waals surface area contributed by atoms with Gasteiger partial charge in [-0.2, -0.15) is 0 Å². The van der Waals surface area contributed by atoms with Crippen LogP contribution in [0, 0.1) is 5.82 Å². The molecule has 1 aliphatic carbocycles. The summed E-state index contributed by atoms with van der Waals surface area (Å²) in [4.78, 5) is 13.7. The first-order valence-electron chi connectivity index (χ1n) is 11.5. The maximum absolute atomic E-state index is 15.1. The zero-order valence-corrected chi connectivity index (χ0v) is 18.9. The summed E-state index contributed by atoms with van der Waals surface area (Å²) in [5.74, 6) is 0.317. The van der Waals surface area contributed by atoms with E-state index in [2.05, 4.69) is 20.7 Å². The van der Waals surface area contributed by atoms with E-state index >= 15 is 4.39 Å². The summed E-state index contributed by atoms with van der Waals surface area (Å²) in [6.45, 7) is 4.70. The van der Waals surface area contributed by atoms with Crippen molar-refractivity contribution >= 4 is 17.4 Å². The molecule has 0 bridgehead atoms. The van der Waals surface area contributed by atoms with Crippen LogP contribution in [-0.2, 0) is 4.79 Å². The lowest BCUT2D eigenvalue weighted by Crippen LogP contribution is -2.43. The second kappa shape index (κ2) is 9.34. The van der Waals surface area contributed by atoms with Crippen LogP contribution in [0.5, 0.6) is 11.5 Å². The van der Waals surface area contributed by atoms with E-state index in [1.807, 2.05) is 0 Å². The summed E-state index contributed by atoms with van der Waals surface area (Å²) in [6.07, 6.45) is 2.80. The molecule has 9 heteroatoms. The second-order valence-corrected chi connectivity index (χ2v) is 8.67. The average molecular weight is 467 g/mol. The summed E-state index contributed by atoms with van der Waals surface area (Å²) in [7, 11) is 0. The normalized spacial score (nSPS) is 16.2. The van der Waals surface area contributed by atoms with Crippen LogP contribution in [-0.4, -0.2) is 48.5 Å². The number of ether oxygens (including phenoxy) is 1. The number of rotatable bonds is 6. The number of benzene rings is 2. The van der Waals surface area contributed by atoms with Crippen molar-refractivity contribution in [3.05, 3.63) is 42.2 Å². The van der Waals surface area contributed by atoms with E-state index in [1.54, 1.807) is 30.3 Å². The number of nitrogens with zero attached hydrogens (tertiary/aromatic N) is 2. The third-order valence-corrected chi connectivity index (χ3v) is 6.25. The number of para-hydroxylation sites is 1. The molecule has 8 nitrogen and oxygen atoms in total. The summed E-state index contributed by atoms with van der Waals surface area (Å²) in [6, 6.07) is 9.93. The van der Waals surface area contributed by atoms with Gasteiger partial charge in [0.1, 0.15) is 17.2 Å². The molecule has 1 aliphatic heterocycles. The first-order chi connectivity index (χ1) is 16.5. The molecular weight excluding hydrogens is 439 g/mol. The molecule has 1 aromatic heterocycles. The van der Waals surface area contributed by atoms with Crippen LogP contribution in [0.3, 0.4) is 0 Å². The molecule has 2 heterocycles. The Morgan fingerprint density at radius 1 is 1.24 bits per heavy atom. The van der Waals surface area contributed by atoms with Crippen molar-refractivity contribution in [3.8, 4) is 33.9 Å². The van der Waals surface area contributed by atoms with Crippen LogP contribution in [0.2, 0.25) is 0 Å². The maximum Gasteiger partial charge on any atom is 0.221 e. The lowest BCUT2D eigenvalue weighted by molar-refractivity contribution is -0.114. The van der Waals surface area contributed by atoms with Crippen molar-refractivity contribution in [2.45, 2.75) is 32.3 Å². The summed E-state index contributed by atoms with van der Waals surface area (Å²) in [5.41, 5.74) is 1.32. The van der Waals surface area contributed by atoms with Gasteiger partial charge in [0.2, 0.25) is 5.91 Å². The highest BCUT2D eigenvalue weighted by Gasteiger charge is 2.24. The molecule has 5 rings (SSSR count). The minimum absolute atomic E-state index is 0.00897. The van der Waals surface area contributed by atoms with Gasteiger partial charge in [-0.3, -0.25) is 4.79 Å². The Bertz CT molecular complexity index is 1200. The molecule has 2 fully saturated rings. The monoisotopic (exact) mass is 466 g/mol. The lowest BCUT2D eigenvalue weighted by Gasteiger charge is -2.28. The predicted octanol–water partition coefficient (Wildman–Crippen LogP) is 4.15. The largest absolute Gasteiger partial charge is 0.507 e. The molecule has 3 aromatic rings. The third-order valence-electron chi connectivity index (χ3n) is 6.25. The number of hydrogen-bond donors (Lipinski definition) is 3. The maximum atomic E-state index is 15.1. The highest BCUT2D eigenvalue weighted by molar-refractivity contribution is 5.92. The Labute approximate surface area is 196 Å². The first-order valence-corrected chi connectivity index (χ1v) is 11.5. The zero-order valence-electron chi connectivity index (χ0n) is 18.9. The van der Waals surface area contributed by atoms with E-state index < -0.39 is 5.82 Å². The summed E-state index contributed by atoms with van der Waals surface area (Å²) in [5, 5.41) is 21.1. The van der Waals surface area contributed by atoms with Gasteiger partial charge in [-0.15, -0.1) is 0 Å². The fourth-order valence-electron chi connectivity index (χ4n) is 4.21. The van der Waals surface area contributed by atoms with E-state index in [4.69, 9.17) is 9.26 Å². The number of amides is 1. The molecule has 34 heavy (non-hydrogen) atoms. The van der Waals surface area contributed by atoms with Crippen LogP contribution in [0.4, 0.5) is 15.9 Å². The number of halogens is 1. The molecular formula is C25H27FN4O4. The van der Waals surface area contributed by atoms with E-state index in [0.717, 1.165) is 45.4 Å². The number of hydrogen-bond acceptors (Lipinski definition) is 7. The van der Waals surface area contributed by atoms with E-state index in [9.17, 15) is 9.90 Å². The van der Waals surface area contributed by atoms with Crippen LogP contribution in [0.25, 0.3) is 22.5 Å². The van der Waals surface area contributed by atoms with Crippen LogP contribution in [0.15, 0.2) is 40.9 Å². The number of piperazine rings is 1. The van der Waals surface area contributed by atoms with E-state index in [-0.39, 0.29) is 29.2 Å². The molecule has 1 saturated heterocycles. The van der Waals surface area contributed by atoms with Gasteiger partial charge in [0, 0.05) is 44.7 Å². The quantitative estimate of drug-likeness (QED) is 0.502. The Morgan fingerprint density at radius 2 is 2.00 bits per heavy atom. The molecule has 178 valence electrons. The van der Waals surface area contributed by atoms with Crippen molar-refractivity contribution in [3.63, 3.8) is 0 Å².